The lowest BCUT2D eigenvalue weighted by molar-refractivity contribution is 0.603. The lowest BCUT2D eigenvalue weighted by Crippen LogP contribution is -2.23. The Balaban J connectivity index is 1.50. The number of hydrogen-bond acceptors (Lipinski definition) is 4. The molecule has 0 saturated heterocycles. The van der Waals surface area contributed by atoms with Gasteiger partial charge in [-0.1, -0.05) is 18.2 Å². The van der Waals surface area contributed by atoms with Gasteiger partial charge in [0.1, 0.15) is 0 Å². The average Bonchev–Trinajstić information content (AvgIpc) is 2.60. The molecule has 0 amide bonds. The second kappa shape index (κ2) is 7.70. The molecule has 118 valence electrons. The molecule has 0 saturated carbocycles. The summed E-state index contributed by atoms with van der Waals surface area (Å²) >= 11 is 0. The molecule has 3 aromatic rings. The second-order valence-corrected chi connectivity index (χ2v) is 5.73. The van der Waals surface area contributed by atoms with E-state index in [0.717, 1.165) is 30.6 Å². The Hall–Kier alpha value is -2.46. The van der Waals surface area contributed by atoms with Gasteiger partial charge in [0, 0.05) is 47.6 Å². The maximum absolute atomic E-state index is 4.31. The molecule has 2 heterocycles. The topological polar surface area (TPSA) is 49.8 Å². The maximum Gasteiger partial charge on any atom is 0.0541 e. The molecule has 0 bridgehead atoms. The van der Waals surface area contributed by atoms with Crippen LogP contribution in [0.3, 0.4) is 0 Å². The van der Waals surface area contributed by atoms with Crippen LogP contribution in [0.2, 0.25) is 0 Å². The van der Waals surface area contributed by atoms with Gasteiger partial charge < -0.3 is 10.6 Å². The van der Waals surface area contributed by atoms with Crippen molar-refractivity contribution < 1.29 is 0 Å². The first-order valence-electron chi connectivity index (χ1n) is 8.03. The number of aromatic nitrogens is 2. The van der Waals surface area contributed by atoms with Crippen LogP contribution in [0.1, 0.15) is 19.0 Å². The van der Waals surface area contributed by atoms with Crippen LogP contribution in [-0.2, 0) is 6.54 Å². The average molecular weight is 306 g/mol. The molecule has 1 unspecified atom stereocenters. The van der Waals surface area contributed by atoms with Crippen molar-refractivity contribution in [3.8, 4) is 0 Å². The fraction of sp³-hybridized carbons (Fsp3) is 0.263. The molecule has 2 N–H and O–H groups in total. The van der Waals surface area contributed by atoms with E-state index in [4.69, 9.17) is 0 Å². The Bertz CT molecular complexity index is 737. The zero-order valence-electron chi connectivity index (χ0n) is 13.4. The van der Waals surface area contributed by atoms with Crippen LogP contribution in [0.25, 0.3) is 10.8 Å². The van der Waals surface area contributed by atoms with Crippen molar-refractivity contribution in [2.45, 2.75) is 25.9 Å². The Kier molecular flexibility index (Phi) is 5.17. The predicted molar refractivity (Wildman–Crippen MR) is 95.4 cm³/mol. The van der Waals surface area contributed by atoms with E-state index in [0.29, 0.717) is 6.04 Å². The molecule has 1 aromatic carbocycles. The Morgan fingerprint density at radius 1 is 1.04 bits per heavy atom. The molecular formula is C19H22N4. The van der Waals surface area contributed by atoms with Crippen molar-refractivity contribution in [1.82, 2.24) is 15.3 Å². The summed E-state index contributed by atoms with van der Waals surface area (Å²) in [7, 11) is 0. The number of fused-ring (bicyclic) bond motifs is 1. The van der Waals surface area contributed by atoms with Crippen LogP contribution < -0.4 is 10.6 Å². The number of hydrogen-bond donors (Lipinski definition) is 2. The number of benzene rings is 1. The van der Waals surface area contributed by atoms with E-state index in [9.17, 15) is 0 Å². The highest BCUT2D eigenvalue weighted by Gasteiger charge is 2.05. The van der Waals surface area contributed by atoms with Gasteiger partial charge in [-0.25, -0.2) is 0 Å². The quantitative estimate of drug-likeness (QED) is 0.655. The number of anilines is 1. The van der Waals surface area contributed by atoms with E-state index in [2.05, 4.69) is 51.8 Å². The number of nitrogens with one attached hydrogen (secondary N) is 2. The van der Waals surface area contributed by atoms with Crippen molar-refractivity contribution in [3.05, 3.63) is 66.7 Å². The van der Waals surface area contributed by atoms with E-state index in [1.165, 1.54) is 11.1 Å². The fourth-order valence-corrected chi connectivity index (χ4v) is 2.62. The van der Waals surface area contributed by atoms with Gasteiger partial charge in [-0.05, 0) is 44.2 Å². The highest BCUT2D eigenvalue weighted by molar-refractivity contribution is 5.93. The van der Waals surface area contributed by atoms with Crippen LogP contribution in [0.15, 0.2) is 61.1 Å². The fourth-order valence-electron chi connectivity index (χ4n) is 2.62. The third-order valence-electron chi connectivity index (χ3n) is 3.87. The van der Waals surface area contributed by atoms with Crippen molar-refractivity contribution in [2.75, 3.05) is 11.9 Å². The van der Waals surface area contributed by atoms with Crippen LogP contribution in [0.5, 0.6) is 0 Å². The first-order chi connectivity index (χ1) is 11.3. The smallest absolute Gasteiger partial charge is 0.0541 e. The van der Waals surface area contributed by atoms with Crippen LogP contribution in [0, 0.1) is 0 Å². The highest BCUT2D eigenvalue weighted by atomic mass is 14.9. The first kappa shape index (κ1) is 15.4. The summed E-state index contributed by atoms with van der Waals surface area (Å²) in [6, 6.07) is 14.7. The van der Waals surface area contributed by atoms with Crippen molar-refractivity contribution >= 4 is 16.5 Å². The standard InChI is InChI=1S/C19H22N4/c1-15(8-11-21-14-17-6-2-3-10-22-17)23-19-7-4-5-16-13-20-12-9-18(16)19/h2-7,9-10,12-13,15,21,23H,8,11,14H2,1H3. The Morgan fingerprint density at radius 2 is 2.00 bits per heavy atom. The molecule has 0 aliphatic heterocycles. The van der Waals surface area contributed by atoms with Gasteiger partial charge in [-0.3, -0.25) is 9.97 Å². The molecule has 0 spiro atoms. The lowest BCUT2D eigenvalue weighted by atomic mass is 10.1. The predicted octanol–water partition coefficient (Wildman–Crippen LogP) is 3.61. The molecule has 0 radical (unpaired) electrons. The minimum atomic E-state index is 0.394. The van der Waals surface area contributed by atoms with Gasteiger partial charge in [0.2, 0.25) is 0 Å². The Labute approximate surface area is 137 Å². The minimum Gasteiger partial charge on any atom is -0.382 e. The number of rotatable bonds is 7. The summed E-state index contributed by atoms with van der Waals surface area (Å²) in [4.78, 5) is 8.49. The molecule has 1 atom stereocenters. The molecule has 0 fully saturated rings. The SMILES string of the molecule is CC(CCNCc1ccccn1)Nc1cccc2cnccc12. The van der Waals surface area contributed by atoms with E-state index >= 15 is 0 Å². The molecular weight excluding hydrogens is 284 g/mol. The third kappa shape index (κ3) is 4.27. The van der Waals surface area contributed by atoms with E-state index in [1.54, 1.807) is 0 Å². The van der Waals surface area contributed by atoms with Crippen LogP contribution >= 0.6 is 0 Å². The van der Waals surface area contributed by atoms with Crippen LogP contribution in [-0.4, -0.2) is 22.6 Å². The minimum absolute atomic E-state index is 0.394. The van der Waals surface area contributed by atoms with Gasteiger partial charge >= 0.3 is 0 Å². The molecule has 3 rings (SSSR count). The number of nitrogens with zero attached hydrogens (tertiary/aromatic N) is 2. The van der Waals surface area contributed by atoms with Gasteiger partial charge in [0.25, 0.3) is 0 Å². The normalized spacial score (nSPS) is 12.2. The molecule has 4 heteroatoms. The van der Waals surface area contributed by atoms with E-state index in [1.807, 2.05) is 36.8 Å². The van der Waals surface area contributed by atoms with E-state index < -0.39 is 0 Å². The molecule has 4 nitrogen and oxygen atoms in total. The van der Waals surface area contributed by atoms with Crippen LogP contribution in [0.4, 0.5) is 5.69 Å². The van der Waals surface area contributed by atoms with Gasteiger partial charge in [-0.15, -0.1) is 0 Å². The largest absolute Gasteiger partial charge is 0.382 e. The second-order valence-electron chi connectivity index (χ2n) is 5.73. The molecule has 23 heavy (non-hydrogen) atoms. The summed E-state index contributed by atoms with van der Waals surface area (Å²) in [6.07, 6.45) is 6.62. The molecule has 0 aliphatic rings. The summed E-state index contributed by atoms with van der Waals surface area (Å²) < 4.78 is 0. The first-order valence-corrected chi connectivity index (χ1v) is 8.03. The Morgan fingerprint density at radius 3 is 2.87 bits per heavy atom. The van der Waals surface area contributed by atoms with Gasteiger partial charge in [-0.2, -0.15) is 0 Å². The maximum atomic E-state index is 4.31. The summed E-state index contributed by atoms with van der Waals surface area (Å²) in [5.41, 5.74) is 2.25. The molecule has 0 aliphatic carbocycles. The zero-order chi connectivity index (χ0) is 15.9. The van der Waals surface area contributed by atoms with Gasteiger partial charge in [0.05, 0.1) is 5.69 Å². The lowest BCUT2D eigenvalue weighted by Gasteiger charge is -2.17. The summed E-state index contributed by atoms with van der Waals surface area (Å²) in [6.45, 7) is 3.98. The molecule has 2 aromatic heterocycles. The third-order valence-corrected chi connectivity index (χ3v) is 3.87. The highest BCUT2D eigenvalue weighted by Crippen LogP contribution is 2.23. The van der Waals surface area contributed by atoms with E-state index in [-0.39, 0.29) is 0 Å². The summed E-state index contributed by atoms with van der Waals surface area (Å²) in [5, 5.41) is 9.43. The van der Waals surface area contributed by atoms with Crippen molar-refractivity contribution in [2.24, 2.45) is 0 Å². The van der Waals surface area contributed by atoms with Gasteiger partial charge in [0.15, 0.2) is 0 Å². The summed E-state index contributed by atoms with van der Waals surface area (Å²) in [5.74, 6) is 0. The van der Waals surface area contributed by atoms with Crippen molar-refractivity contribution in [1.29, 1.82) is 0 Å². The number of pyridine rings is 2. The van der Waals surface area contributed by atoms with Crippen molar-refractivity contribution in [3.63, 3.8) is 0 Å². The monoisotopic (exact) mass is 306 g/mol. The zero-order valence-corrected chi connectivity index (χ0v) is 13.4.